The van der Waals surface area contributed by atoms with E-state index in [4.69, 9.17) is 10.8 Å². The van der Waals surface area contributed by atoms with E-state index in [1.807, 2.05) is 0 Å². The number of alkyl halides is 3. The number of halogens is 3. The van der Waals surface area contributed by atoms with Gasteiger partial charge in [-0.2, -0.15) is 24.9 Å². The van der Waals surface area contributed by atoms with Crippen LogP contribution in [0.4, 0.5) is 13.2 Å². The second kappa shape index (κ2) is 6.91. The van der Waals surface area contributed by atoms with Crippen LogP contribution in [0.5, 0.6) is 0 Å². The van der Waals surface area contributed by atoms with E-state index in [-0.39, 0.29) is 18.1 Å². The highest BCUT2D eigenvalue weighted by Gasteiger charge is 2.27. The van der Waals surface area contributed by atoms with Gasteiger partial charge in [-0.1, -0.05) is 0 Å². The van der Waals surface area contributed by atoms with Gasteiger partial charge < -0.3 is 15.6 Å². The van der Waals surface area contributed by atoms with Gasteiger partial charge in [-0.15, -0.1) is 0 Å². The molecule has 0 aliphatic heterocycles. The molecule has 0 saturated heterocycles. The number of thioether (sulfide) groups is 1. The second-order valence-corrected chi connectivity index (χ2v) is 3.84. The highest BCUT2D eigenvalue weighted by molar-refractivity contribution is 7.99. The van der Waals surface area contributed by atoms with Gasteiger partial charge >= 0.3 is 12.1 Å². The molecular weight excluding hydrogens is 235 g/mol. The van der Waals surface area contributed by atoms with Crippen molar-refractivity contribution in [3.63, 3.8) is 0 Å². The van der Waals surface area contributed by atoms with Crippen LogP contribution in [0, 0.1) is 0 Å². The van der Waals surface area contributed by atoms with E-state index in [1.165, 1.54) is 0 Å². The molecule has 0 unspecified atom stereocenters. The molecule has 0 aromatic carbocycles. The van der Waals surface area contributed by atoms with Crippen LogP contribution in [0.3, 0.4) is 0 Å². The quantitative estimate of drug-likeness (QED) is 0.648. The molecule has 0 spiro atoms. The monoisotopic (exact) mass is 247 g/mol. The first-order valence-electron chi connectivity index (χ1n) is 4.03. The third kappa shape index (κ3) is 9.83. The highest BCUT2D eigenvalue weighted by atomic mass is 32.2. The minimum absolute atomic E-state index is 0.0729. The van der Waals surface area contributed by atoms with E-state index in [9.17, 15) is 18.0 Å². The molecule has 0 rings (SSSR count). The molecule has 0 aliphatic carbocycles. The fourth-order valence-electron chi connectivity index (χ4n) is 0.587. The molecule has 0 amide bonds. The van der Waals surface area contributed by atoms with E-state index < -0.39 is 24.8 Å². The summed E-state index contributed by atoms with van der Waals surface area (Å²) in [4.78, 5) is 10.2. The number of carboxylic acid groups (broad SMARTS) is 1. The van der Waals surface area contributed by atoms with E-state index in [0.29, 0.717) is 0 Å². The number of ether oxygens (including phenoxy) is 1. The topological polar surface area (TPSA) is 72.5 Å². The third-order valence-corrected chi connectivity index (χ3v) is 2.30. The van der Waals surface area contributed by atoms with Crippen LogP contribution in [0.1, 0.15) is 0 Å². The van der Waals surface area contributed by atoms with Crippen molar-refractivity contribution in [2.24, 2.45) is 5.73 Å². The Hall–Kier alpha value is -0.470. The van der Waals surface area contributed by atoms with Crippen LogP contribution >= 0.6 is 11.8 Å². The minimum atomic E-state index is -4.32. The Morgan fingerprint density at radius 1 is 1.53 bits per heavy atom. The molecule has 90 valence electrons. The molecule has 15 heavy (non-hydrogen) atoms. The van der Waals surface area contributed by atoms with Crippen molar-refractivity contribution in [3.05, 3.63) is 0 Å². The zero-order valence-electron chi connectivity index (χ0n) is 7.79. The van der Waals surface area contributed by atoms with Crippen molar-refractivity contribution in [2.75, 3.05) is 24.7 Å². The summed E-state index contributed by atoms with van der Waals surface area (Å²) in [7, 11) is 0. The first-order valence-corrected chi connectivity index (χ1v) is 5.19. The maximum atomic E-state index is 11.6. The lowest BCUT2D eigenvalue weighted by atomic mass is 10.4. The molecule has 8 heteroatoms. The first-order chi connectivity index (χ1) is 6.83. The standard InChI is InChI=1S/C7H12F3NO3S/c8-7(9,10)4-14-1-2-15-3-5(11)6(12)13/h5H,1-4,11H2,(H,12,13)/t5-/m1/s1. The molecule has 1 atom stereocenters. The minimum Gasteiger partial charge on any atom is -0.480 e. The Morgan fingerprint density at radius 2 is 2.13 bits per heavy atom. The number of carbonyl (C=O) groups is 1. The number of hydrogen-bond donors (Lipinski definition) is 2. The summed E-state index contributed by atoms with van der Waals surface area (Å²) in [5, 5.41) is 8.37. The summed E-state index contributed by atoms with van der Waals surface area (Å²) in [5.41, 5.74) is 5.16. The van der Waals surface area contributed by atoms with E-state index in [2.05, 4.69) is 4.74 Å². The largest absolute Gasteiger partial charge is 0.480 e. The summed E-state index contributed by atoms with van der Waals surface area (Å²) in [6.07, 6.45) is -4.32. The zero-order valence-corrected chi connectivity index (χ0v) is 8.61. The maximum absolute atomic E-state index is 11.6. The van der Waals surface area contributed by atoms with Crippen LogP contribution in [0.15, 0.2) is 0 Å². The van der Waals surface area contributed by atoms with Crippen molar-refractivity contribution in [2.45, 2.75) is 12.2 Å². The Morgan fingerprint density at radius 3 is 2.60 bits per heavy atom. The lowest BCUT2D eigenvalue weighted by Gasteiger charge is -2.08. The number of nitrogens with two attached hydrogens (primary N) is 1. The molecule has 0 aliphatic rings. The summed E-state index contributed by atoms with van der Waals surface area (Å²) >= 11 is 1.14. The smallest absolute Gasteiger partial charge is 0.411 e. The first kappa shape index (κ1) is 14.5. The van der Waals surface area contributed by atoms with Gasteiger partial charge in [-0.25, -0.2) is 0 Å². The van der Waals surface area contributed by atoms with Crippen LogP contribution in [0.25, 0.3) is 0 Å². The number of rotatable bonds is 7. The lowest BCUT2D eigenvalue weighted by Crippen LogP contribution is -2.32. The fraction of sp³-hybridized carbons (Fsp3) is 0.857. The molecule has 0 bridgehead atoms. The second-order valence-electron chi connectivity index (χ2n) is 2.69. The Balaban J connectivity index is 3.29. The maximum Gasteiger partial charge on any atom is 0.411 e. The molecule has 0 saturated carbocycles. The number of aliphatic carboxylic acids is 1. The van der Waals surface area contributed by atoms with Crippen molar-refractivity contribution in [3.8, 4) is 0 Å². The molecule has 3 N–H and O–H groups in total. The van der Waals surface area contributed by atoms with Gasteiger partial charge in [0.15, 0.2) is 0 Å². The van der Waals surface area contributed by atoms with Gasteiger partial charge in [-0.05, 0) is 0 Å². The molecule has 0 aromatic rings. The van der Waals surface area contributed by atoms with Crippen molar-refractivity contribution >= 4 is 17.7 Å². The van der Waals surface area contributed by atoms with Crippen molar-refractivity contribution < 1.29 is 27.8 Å². The van der Waals surface area contributed by atoms with Gasteiger partial charge in [-0.3, -0.25) is 4.79 Å². The van der Waals surface area contributed by atoms with Crippen LogP contribution in [-0.2, 0) is 9.53 Å². The summed E-state index contributed by atoms with van der Waals surface area (Å²) in [6.45, 7) is -1.35. The van der Waals surface area contributed by atoms with Gasteiger partial charge in [0.1, 0.15) is 12.6 Å². The summed E-state index contributed by atoms with van der Waals surface area (Å²) < 4.78 is 39.0. The predicted molar refractivity (Wildman–Crippen MR) is 49.8 cm³/mol. The van der Waals surface area contributed by atoms with E-state index in [1.54, 1.807) is 0 Å². The molecule has 4 nitrogen and oxygen atoms in total. The predicted octanol–water partition coefficient (Wildman–Crippen LogP) is 0.710. The third-order valence-electron chi connectivity index (χ3n) is 1.25. The van der Waals surface area contributed by atoms with E-state index in [0.717, 1.165) is 11.8 Å². The van der Waals surface area contributed by atoms with Crippen LogP contribution in [0.2, 0.25) is 0 Å². The fourth-order valence-corrected chi connectivity index (χ4v) is 1.39. The Kier molecular flexibility index (Phi) is 6.70. The molecule has 0 radical (unpaired) electrons. The zero-order chi connectivity index (χ0) is 11.9. The van der Waals surface area contributed by atoms with Gasteiger partial charge in [0, 0.05) is 11.5 Å². The average Bonchev–Trinajstić information content (AvgIpc) is 2.08. The molecule has 0 heterocycles. The SMILES string of the molecule is N[C@H](CSCCOCC(F)(F)F)C(=O)O. The molecule has 0 aromatic heterocycles. The van der Waals surface area contributed by atoms with E-state index >= 15 is 0 Å². The van der Waals surface area contributed by atoms with Gasteiger partial charge in [0.05, 0.1) is 6.61 Å². The van der Waals surface area contributed by atoms with Crippen LogP contribution in [-0.4, -0.2) is 48.0 Å². The van der Waals surface area contributed by atoms with Crippen molar-refractivity contribution in [1.29, 1.82) is 0 Å². The molecular formula is C7H12F3NO3S. The number of hydrogen-bond acceptors (Lipinski definition) is 4. The average molecular weight is 247 g/mol. The lowest BCUT2D eigenvalue weighted by molar-refractivity contribution is -0.172. The van der Waals surface area contributed by atoms with Gasteiger partial charge in [0.2, 0.25) is 0 Å². The molecule has 0 fully saturated rings. The Bertz CT molecular complexity index is 200. The summed E-state index contributed by atoms with van der Waals surface area (Å²) in [6, 6.07) is -0.988. The van der Waals surface area contributed by atoms with Gasteiger partial charge in [0.25, 0.3) is 0 Å². The van der Waals surface area contributed by atoms with Crippen molar-refractivity contribution in [1.82, 2.24) is 0 Å². The van der Waals surface area contributed by atoms with Crippen LogP contribution < -0.4 is 5.73 Å². The highest BCUT2D eigenvalue weighted by Crippen LogP contribution is 2.14. The Labute approximate surface area is 89.0 Å². The summed E-state index contributed by atoms with van der Waals surface area (Å²) in [5.74, 6) is -0.680. The number of carboxylic acids is 1. The normalized spacial score (nSPS) is 13.9.